The van der Waals surface area contributed by atoms with Crippen molar-refractivity contribution in [3.05, 3.63) is 28.4 Å². The van der Waals surface area contributed by atoms with Crippen LogP contribution in [-0.4, -0.2) is 55.6 Å². The van der Waals surface area contributed by atoms with E-state index in [-0.39, 0.29) is 12.4 Å². The fourth-order valence-corrected chi connectivity index (χ4v) is 3.70. The van der Waals surface area contributed by atoms with Crippen molar-refractivity contribution in [2.24, 2.45) is 0 Å². The molecule has 0 amide bonds. The van der Waals surface area contributed by atoms with E-state index in [0.717, 1.165) is 15.5 Å². The molecule has 3 rings (SSSR count). The van der Waals surface area contributed by atoms with Gasteiger partial charge >= 0.3 is 12.1 Å². The minimum absolute atomic E-state index is 0.176. The highest BCUT2D eigenvalue weighted by Crippen LogP contribution is 2.36. The van der Waals surface area contributed by atoms with Gasteiger partial charge in [0.2, 0.25) is 5.76 Å². The van der Waals surface area contributed by atoms with Crippen LogP contribution in [0.1, 0.15) is 38.2 Å². The van der Waals surface area contributed by atoms with Gasteiger partial charge in [-0.1, -0.05) is 0 Å². The minimum atomic E-state index is -0.696. The van der Waals surface area contributed by atoms with E-state index in [4.69, 9.17) is 18.7 Å². The smallest absolute Gasteiger partial charge is 0.460 e. The fraction of sp³-hybridized carbons (Fsp3) is 0.500. The molecule has 0 saturated carbocycles. The first-order chi connectivity index (χ1) is 13.7. The van der Waals surface area contributed by atoms with Gasteiger partial charge < -0.3 is 23.6 Å². The third-order valence-corrected chi connectivity index (χ3v) is 5.10. The number of esters is 1. The molecule has 2 heterocycles. The third kappa shape index (κ3) is 5.22. The maximum absolute atomic E-state index is 11.9. The summed E-state index contributed by atoms with van der Waals surface area (Å²) < 4.78 is 16.6. The number of anilines is 1. The summed E-state index contributed by atoms with van der Waals surface area (Å²) in [6.45, 7) is 9.84. The van der Waals surface area contributed by atoms with E-state index in [1.807, 2.05) is 12.1 Å². The average Bonchev–Trinajstić information content (AvgIpc) is 3.07. The molecule has 2 aromatic rings. The van der Waals surface area contributed by atoms with E-state index >= 15 is 0 Å². The summed E-state index contributed by atoms with van der Waals surface area (Å²) in [4.78, 5) is 31.2. The van der Waals surface area contributed by atoms with E-state index in [1.165, 1.54) is 0 Å². The summed E-state index contributed by atoms with van der Waals surface area (Å²) in [6.07, 6.45) is -0.696. The molecule has 0 bridgehead atoms. The number of rotatable bonds is 4. The highest BCUT2D eigenvalue weighted by atomic mass is 79.9. The van der Waals surface area contributed by atoms with Crippen LogP contribution in [0.3, 0.4) is 0 Å². The lowest BCUT2D eigenvalue weighted by Gasteiger charge is -2.35. The molecule has 1 aromatic heterocycles. The predicted molar refractivity (Wildman–Crippen MR) is 111 cm³/mol. The van der Waals surface area contributed by atoms with E-state index in [1.54, 1.807) is 38.8 Å². The second-order valence-electron chi connectivity index (χ2n) is 7.61. The van der Waals surface area contributed by atoms with Crippen LogP contribution in [0.2, 0.25) is 0 Å². The first kappa shape index (κ1) is 21.4. The molecule has 158 valence electrons. The zero-order chi connectivity index (χ0) is 21.2. The Morgan fingerprint density at radius 2 is 1.86 bits per heavy atom. The summed E-state index contributed by atoms with van der Waals surface area (Å²) in [7, 11) is 0. The van der Waals surface area contributed by atoms with E-state index in [9.17, 15) is 9.59 Å². The molecule has 1 aliphatic heterocycles. The Hall–Kier alpha value is -2.26. The van der Waals surface area contributed by atoms with E-state index in [2.05, 4.69) is 20.8 Å². The largest absolute Gasteiger partial charge is 0.528 e. The molecule has 0 atom stereocenters. The number of hydrogen-bond acceptors (Lipinski definition) is 8. The second-order valence-corrected chi connectivity index (χ2v) is 8.41. The maximum Gasteiger partial charge on any atom is 0.528 e. The Morgan fingerprint density at radius 3 is 2.48 bits per heavy atom. The van der Waals surface area contributed by atoms with Crippen LogP contribution >= 0.6 is 15.9 Å². The topological polar surface area (TPSA) is 81.5 Å². The van der Waals surface area contributed by atoms with Crippen molar-refractivity contribution in [3.63, 3.8) is 0 Å². The molecule has 29 heavy (non-hydrogen) atoms. The number of carbonyl (C=O) groups excluding carboxylic acids is 2. The first-order valence-electron chi connectivity index (χ1n) is 9.48. The lowest BCUT2D eigenvalue weighted by Crippen LogP contribution is -2.47. The number of ether oxygens (including phenoxy) is 2. The number of furan rings is 1. The van der Waals surface area contributed by atoms with Crippen molar-refractivity contribution < 1.29 is 28.3 Å². The fourth-order valence-electron chi connectivity index (χ4n) is 3.01. The normalized spacial score (nSPS) is 15.4. The highest BCUT2D eigenvalue weighted by Gasteiger charge is 2.26. The molecule has 1 aliphatic rings. The van der Waals surface area contributed by atoms with Gasteiger partial charge in [-0.2, -0.15) is 0 Å². The summed E-state index contributed by atoms with van der Waals surface area (Å²) in [5.74, 6) is -0.305. The molecule has 1 fully saturated rings. The maximum atomic E-state index is 11.9. The number of carbonyl (C=O) groups is 2. The lowest BCUT2D eigenvalue weighted by atomic mass is 10.2. The van der Waals surface area contributed by atoms with Crippen molar-refractivity contribution >= 4 is 44.7 Å². The Balaban J connectivity index is 1.67. The van der Waals surface area contributed by atoms with Gasteiger partial charge in [0.1, 0.15) is 11.2 Å². The zero-order valence-corrected chi connectivity index (χ0v) is 18.6. The predicted octanol–water partition coefficient (Wildman–Crippen LogP) is 4.36. The molecule has 0 aliphatic carbocycles. The van der Waals surface area contributed by atoms with Gasteiger partial charge in [0.05, 0.1) is 29.9 Å². The van der Waals surface area contributed by atoms with Gasteiger partial charge in [-0.05, 0) is 55.8 Å². The summed E-state index contributed by atoms with van der Waals surface area (Å²) >= 11 is 3.63. The van der Waals surface area contributed by atoms with Gasteiger partial charge in [-0.3, -0.25) is 0 Å². The number of hydroxylamine groups is 2. The summed E-state index contributed by atoms with van der Waals surface area (Å²) in [6, 6.07) is 5.46. The molecule has 0 unspecified atom stereocenters. The van der Waals surface area contributed by atoms with Gasteiger partial charge in [0, 0.05) is 24.5 Å². The first-order valence-corrected chi connectivity index (χ1v) is 10.3. The van der Waals surface area contributed by atoms with Crippen LogP contribution in [0.25, 0.3) is 11.0 Å². The molecule has 1 saturated heterocycles. The summed E-state index contributed by atoms with van der Waals surface area (Å²) in [5, 5.41) is 2.41. The van der Waals surface area contributed by atoms with Crippen molar-refractivity contribution in [2.75, 3.05) is 37.7 Å². The standard InChI is InChI=1S/C20H25BrN2O6/c1-5-26-18(24)16-12-13-15(27-16)7-6-14(17(13)21)22-8-10-23(11-9-22)29-19(25)28-20(2,3)4/h6-7,12H,5,8-11H2,1-4H3. The van der Waals surface area contributed by atoms with Gasteiger partial charge in [-0.15, -0.1) is 5.06 Å². The number of benzene rings is 1. The lowest BCUT2D eigenvalue weighted by molar-refractivity contribution is -0.144. The van der Waals surface area contributed by atoms with Crippen LogP contribution < -0.4 is 4.90 Å². The average molecular weight is 469 g/mol. The molecule has 8 nitrogen and oxygen atoms in total. The van der Waals surface area contributed by atoms with Crippen molar-refractivity contribution in [1.82, 2.24) is 5.06 Å². The number of piperazine rings is 1. The van der Waals surface area contributed by atoms with E-state index < -0.39 is 17.7 Å². The quantitative estimate of drug-likeness (QED) is 0.612. The van der Waals surface area contributed by atoms with Crippen LogP contribution in [0, 0.1) is 0 Å². The van der Waals surface area contributed by atoms with Crippen LogP contribution in [0.4, 0.5) is 10.5 Å². The Bertz CT molecular complexity index is 896. The molecule has 0 radical (unpaired) electrons. The van der Waals surface area contributed by atoms with Crippen molar-refractivity contribution in [1.29, 1.82) is 0 Å². The van der Waals surface area contributed by atoms with Crippen molar-refractivity contribution in [2.45, 2.75) is 33.3 Å². The van der Waals surface area contributed by atoms with Crippen molar-refractivity contribution in [3.8, 4) is 0 Å². The number of hydrogen-bond donors (Lipinski definition) is 0. The van der Waals surface area contributed by atoms with Gasteiger partial charge in [-0.25, -0.2) is 9.59 Å². The number of halogens is 1. The second kappa shape index (κ2) is 8.62. The number of fused-ring (bicyclic) bond motifs is 1. The monoisotopic (exact) mass is 468 g/mol. The Morgan fingerprint density at radius 1 is 1.17 bits per heavy atom. The molecule has 1 aromatic carbocycles. The van der Waals surface area contributed by atoms with Crippen LogP contribution in [0.15, 0.2) is 27.1 Å². The molecular weight excluding hydrogens is 444 g/mol. The summed E-state index contributed by atoms with van der Waals surface area (Å²) in [5.41, 5.74) is 0.993. The highest BCUT2D eigenvalue weighted by molar-refractivity contribution is 9.10. The van der Waals surface area contributed by atoms with Gasteiger partial charge in [0.25, 0.3) is 0 Å². The zero-order valence-electron chi connectivity index (χ0n) is 17.0. The van der Waals surface area contributed by atoms with E-state index in [0.29, 0.717) is 31.8 Å². The van der Waals surface area contributed by atoms with Gasteiger partial charge in [0.15, 0.2) is 0 Å². The molecule has 0 N–H and O–H groups in total. The molecule has 0 spiro atoms. The minimum Gasteiger partial charge on any atom is -0.460 e. The Kier molecular flexibility index (Phi) is 6.38. The molecule has 9 heteroatoms. The SMILES string of the molecule is CCOC(=O)c1cc2c(Br)c(N3CCN(OC(=O)OC(C)(C)C)CC3)ccc2o1. The van der Waals surface area contributed by atoms with Crippen LogP contribution in [-0.2, 0) is 14.3 Å². The third-order valence-electron chi connectivity index (χ3n) is 4.26. The number of nitrogens with zero attached hydrogens (tertiary/aromatic N) is 2. The Labute approximate surface area is 177 Å². The van der Waals surface area contributed by atoms with Crippen LogP contribution in [0.5, 0.6) is 0 Å². The molecular formula is C20H25BrN2O6.